The summed E-state index contributed by atoms with van der Waals surface area (Å²) in [4.78, 5) is 2.66. The Kier molecular flexibility index (Phi) is 9.79. The van der Waals surface area contributed by atoms with E-state index in [1.165, 1.54) is 54.5 Å². The summed E-state index contributed by atoms with van der Waals surface area (Å²) in [6.07, 6.45) is 5.35. The van der Waals surface area contributed by atoms with Crippen LogP contribution in [0.25, 0.3) is 0 Å². The van der Waals surface area contributed by atoms with Crippen molar-refractivity contribution in [3.63, 3.8) is 0 Å². The minimum atomic E-state index is 0.401. The molecular weight excluding hydrogens is 460 g/mol. The van der Waals surface area contributed by atoms with Gasteiger partial charge in [0.05, 0.1) is 0 Å². The van der Waals surface area contributed by atoms with Crippen LogP contribution in [0.3, 0.4) is 0 Å². The highest BCUT2D eigenvalue weighted by atomic mass is 15.1. The fourth-order valence-corrected chi connectivity index (χ4v) is 6.08. The number of rotatable bonds is 12. The van der Waals surface area contributed by atoms with Crippen molar-refractivity contribution in [3.05, 3.63) is 144 Å². The van der Waals surface area contributed by atoms with Crippen molar-refractivity contribution in [1.82, 2.24) is 10.2 Å². The van der Waals surface area contributed by atoms with Gasteiger partial charge < -0.3 is 5.32 Å². The van der Waals surface area contributed by atoms with E-state index in [1.807, 2.05) is 0 Å². The minimum absolute atomic E-state index is 0.401. The van der Waals surface area contributed by atoms with E-state index in [0.717, 1.165) is 38.0 Å². The molecule has 0 heterocycles. The van der Waals surface area contributed by atoms with Crippen molar-refractivity contribution in [2.75, 3.05) is 19.6 Å². The fourth-order valence-electron chi connectivity index (χ4n) is 6.08. The molecule has 0 radical (unpaired) electrons. The second kappa shape index (κ2) is 14.1. The Balaban J connectivity index is 1.12. The Labute approximate surface area is 229 Å². The summed E-state index contributed by atoms with van der Waals surface area (Å²) >= 11 is 0. The molecule has 0 aromatic heterocycles. The Hall–Kier alpha value is -3.20. The topological polar surface area (TPSA) is 15.3 Å². The highest BCUT2D eigenvalue weighted by Gasteiger charge is 2.24. The molecular formula is C36H42N2. The molecule has 0 amide bonds. The average Bonchev–Trinajstić information content (AvgIpc) is 2.98. The smallest absolute Gasteiger partial charge is 0.0237 e. The van der Waals surface area contributed by atoms with Crippen LogP contribution < -0.4 is 5.32 Å². The van der Waals surface area contributed by atoms with Crippen LogP contribution in [0, 0.1) is 11.8 Å². The van der Waals surface area contributed by atoms with Gasteiger partial charge in [0.1, 0.15) is 0 Å². The molecule has 2 nitrogen and oxygen atoms in total. The Morgan fingerprint density at radius 3 is 1.45 bits per heavy atom. The van der Waals surface area contributed by atoms with Gasteiger partial charge in [-0.2, -0.15) is 0 Å². The van der Waals surface area contributed by atoms with Crippen LogP contribution in [-0.2, 0) is 13.1 Å². The van der Waals surface area contributed by atoms with Crippen LogP contribution in [0.15, 0.2) is 121 Å². The predicted molar refractivity (Wildman–Crippen MR) is 160 cm³/mol. The van der Waals surface area contributed by atoms with E-state index in [1.54, 1.807) is 0 Å². The second-order valence-corrected chi connectivity index (χ2v) is 11.1. The molecule has 4 aromatic rings. The lowest BCUT2D eigenvalue weighted by atomic mass is 9.81. The number of nitrogens with one attached hydrogen (secondary N) is 1. The van der Waals surface area contributed by atoms with Gasteiger partial charge in [-0.1, -0.05) is 121 Å². The molecule has 0 unspecified atom stereocenters. The monoisotopic (exact) mass is 502 g/mol. The molecule has 0 spiro atoms. The van der Waals surface area contributed by atoms with Crippen molar-refractivity contribution in [1.29, 1.82) is 0 Å². The molecule has 196 valence electrons. The summed E-state index contributed by atoms with van der Waals surface area (Å²) in [5.41, 5.74) is 5.61. The fraction of sp³-hybridized carbons (Fsp3) is 0.333. The number of nitrogens with zero attached hydrogens (tertiary/aromatic N) is 1. The van der Waals surface area contributed by atoms with E-state index in [0.29, 0.717) is 5.92 Å². The Bertz CT molecular complexity index is 1090. The van der Waals surface area contributed by atoms with Gasteiger partial charge >= 0.3 is 0 Å². The van der Waals surface area contributed by atoms with Gasteiger partial charge in [-0.15, -0.1) is 0 Å². The van der Waals surface area contributed by atoms with Crippen molar-refractivity contribution in [2.45, 2.75) is 44.7 Å². The maximum absolute atomic E-state index is 3.86. The summed E-state index contributed by atoms with van der Waals surface area (Å²) in [6.45, 7) is 5.36. The molecule has 0 aliphatic heterocycles. The van der Waals surface area contributed by atoms with Gasteiger partial charge in [-0.3, -0.25) is 4.90 Å². The molecule has 5 rings (SSSR count). The highest BCUT2D eigenvalue weighted by Crippen LogP contribution is 2.30. The maximum atomic E-state index is 3.86. The van der Waals surface area contributed by atoms with Crippen molar-refractivity contribution >= 4 is 0 Å². The van der Waals surface area contributed by atoms with E-state index in [-0.39, 0.29) is 0 Å². The minimum Gasteiger partial charge on any atom is -0.316 e. The first-order valence-corrected chi connectivity index (χ1v) is 14.4. The first kappa shape index (κ1) is 26.4. The average molecular weight is 503 g/mol. The summed E-state index contributed by atoms with van der Waals surface area (Å²) in [7, 11) is 0. The molecule has 2 heteroatoms. The van der Waals surface area contributed by atoms with Crippen LogP contribution in [0.2, 0.25) is 0 Å². The zero-order chi connectivity index (χ0) is 25.8. The van der Waals surface area contributed by atoms with Gasteiger partial charge in [0.2, 0.25) is 0 Å². The van der Waals surface area contributed by atoms with Gasteiger partial charge in [-0.25, -0.2) is 0 Å². The van der Waals surface area contributed by atoms with Gasteiger partial charge in [0, 0.05) is 32.1 Å². The van der Waals surface area contributed by atoms with Crippen LogP contribution in [0.1, 0.15) is 53.9 Å². The lowest BCUT2D eigenvalue weighted by Gasteiger charge is -2.33. The molecule has 0 bridgehead atoms. The van der Waals surface area contributed by atoms with Gasteiger partial charge in [-0.05, 0) is 66.3 Å². The predicted octanol–water partition coefficient (Wildman–Crippen LogP) is 7.92. The molecule has 0 atom stereocenters. The zero-order valence-electron chi connectivity index (χ0n) is 22.6. The van der Waals surface area contributed by atoms with Crippen LogP contribution in [0.4, 0.5) is 0 Å². The number of benzene rings is 4. The van der Waals surface area contributed by atoms with E-state index >= 15 is 0 Å². The molecule has 0 saturated heterocycles. The molecule has 1 aliphatic rings. The third-order valence-corrected chi connectivity index (χ3v) is 8.17. The first-order chi connectivity index (χ1) is 18.8. The van der Waals surface area contributed by atoms with Crippen LogP contribution >= 0.6 is 0 Å². The molecule has 38 heavy (non-hydrogen) atoms. The summed E-state index contributed by atoms with van der Waals surface area (Å²) in [6, 6.07) is 43.8. The molecule has 1 N–H and O–H groups in total. The standard InChI is InChI=1S/C36H42N2/c1-5-13-31(14-6-1)27-38(28-32-15-7-2-8-16-32)29-33-23-21-30(22-24-33)25-37-26-36(34-17-9-3-10-18-34)35-19-11-4-12-20-35/h1-20,30,33,36-37H,21-29H2. The van der Waals surface area contributed by atoms with E-state index in [4.69, 9.17) is 0 Å². The van der Waals surface area contributed by atoms with Gasteiger partial charge in [0.15, 0.2) is 0 Å². The van der Waals surface area contributed by atoms with Crippen LogP contribution in [-0.4, -0.2) is 24.5 Å². The zero-order valence-corrected chi connectivity index (χ0v) is 22.6. The SMILES string of the molecule is c1ccc(CN(Cc2ccccc2)CC2CCC(CNCC(c3ccccc3)c3ccccc3)CC2)cc1. The molecule has 1 fully saturated rings. The van der Waals surface area contributed by atoms with Gasteiger partial charge in [0.25, 0.3) is 0 Å². The Morgan fingerprint density at radius 1 is 0.553 bits per heavy atom. The number of hydrogen-bond donors (Lipinski definition) is 1. The largest absolute Gasteiger partial charge is 0.316 e. The third kappa shape index (κ3) is 7.90. The lowest BCUT2D eigenvalue weighted by molar-refractivity contribution is 0.167. The summed E-state index contributed by atoms with van der Waals surface area (Å²) < 4.78 is 0. The Morgan fingerprint density at radius 2 is 0.974 bits per heavy atom. The molecule has 1 saturated carbocycles. The quantitative estimate of drug-likeness (QED) is 0.212. The van der Waals surface area contributed by atoms with E-state index in [9.17, 15) is 0 Å². The summed E-state index contributed by atoms with van der Waals surface area (Å²) in [5.74, 6) is 1.98. The normalized spacial score (nSPS) is 17.6. The molecule has 1 aliphatic carbocycles. The first-order valence-electron chi connectivity index (χ1n) is 14.4. The van der Waals surface area contributed by atoms with E-state index in [2.05, 4.69) is 132 Å². The van der Waals surface area contributed by atoms with Crippen molar-refractivity contribution in [2.24, 2.45) is 11.8 Å². The maximum Gasteiger partial charge on any atom is 0.0237 e. The van der Waals surface area contributed by atoms with E-state index < -0.39 is 0 Å². The lowest BCUT2D eigenvalue weighted by Crippen LogP contribution is -2.34. The van der Waals surface area contributed by atoms with Crippen LogP contribution in [0.5, 0.6) is 0 Å². The van der Waals surface area contributed by atoms with Crippen molar-refractivity contribution in [3.8, 4) is 0 Å². The third-order valence-electron chi connectivity index (χ3n) is 8.17. The summed E-state index contributed by atoms with van der Waals surface area (Å²) in [5, 5.41) is 3.86. The number of hydrogen-bond acceptors (Lipinski definition) is 2. The van der Waals surface area contributed by atoms with Crippen molar-refractivity contribution < 1.29 is 0 Å². The second-order valence-electron chi connectivity index (χ2n) is 11.1. The molecule has 4 aromatic carbocycles. The highest BCUT2D eigenvalue weighted by molar-refractivity contribution is 5.32.